The summed E-state index contributed by atoms with van der Waals surface area (Å²) in [6, 6.07) is 0.984. The van der Waals surface area contributed by atoms with Crippen molar-refractivity contribution in [3.05, 3.63) is 0 Å². The van der Waals surface area contributed by atoms with Crippen LogP contribution in [0.25, 0.3) is 0 Å². The first-order valence-corrected chi connectivity index (χ1v) is 6.75. The van der Waals surface area contributed by atoms with Gasteiger partial charge in [-0.05, 0) is 6.42 Å². The van der Waals surface area contributed by atoms with Crippen LogP contribution < -0.4 is 5.32 Å². The molecule has 0 aromatic rings. The minimum atomic E-state index is 0.391. The summed E-state index contributed by atoms with van der Waals surface area (Å²) in [6.45, 7) is 11.2. The van der Waals surface area contributed by atoms with Crippen LogP contribution in [-0.2, 0) is 9.47 Å². The Morgan fingerprint density at radius 1 is 1.47 bits per heavy atom. The molecule has 0 radical (unpaired) electrons. The van der Waals surface area contributed by atoms with Crippen LogP contribution in [0.2, 0.25) is 0 Å². The fourth-order valence-electron chi connectivity index (χ4n) is 2.18. The number of nitrogens with one attached hydrogen (secondary N) is 1. The van der Waals surface area contributed by atoms with Crippen molar-refractivity contribution in [2.75, 3.05) is 40.0 Å². The molecule has 0 amide bonds. The monoisotopic (exact) mass is 244 g/mol. The van der Waals surface area contributed by atoms with Crippen molar-refractivity contribution in [1.82, 2.24) is 10.2 Å². The summed E-state index contributed by atoms with van der Waals surface area (Å²) in [5, 5.41) is 3.50. The van der Waals surface area contributed by atoms with Crippen molar-refractivity contribution in [2.24, 2.45) is 0 Å². The maximum atomic E-state index is 5.71. The molecule has 2 unspecified atom stereocenters. The van der Waals surface area contributed by atoms with E-state index in [1.807, 2.05) is 0 Å². The van der Waals surface area contributed by atoms with Crippen LogP contribution in [0.4, 0.5) is 0 Å². The Morgan fingerprint density at radius 2 is 2.24 bits per heavy atom. The topological polar surface area (TPSA) is 33.7 Å². The molecule has 1 aliphatic rings. The van der Waals surface area contributed by atoms with Crippen LogP contribution in [0.15, 0.2) is 0 Å². The molecule has 102 valence electrons. The second-order valence-electron chi connectivity index (χ2n) is 5.07. The Morgan fingerprint density at radius 3 is 2.82 bits per heavy atom. The fourth-order valence-corrected chi connectivity index (χ4v) is 2.18. The van der Waals surface area contributed by atoms with Gasteiger partial charge >= 0.3 is 0 Å². The molecule has 2 atom stereocenters. The van der Waals surface area contributed by atoms with Crippen LogP contribution in [0.5, 0.6) is 0 Å². The Bertz CT molecular complexity index is 200. The van der Waals surface area contributed by atoms with Gasteiger partial charge in [0.1, 0.15) is 0 Å². The number of morpholine rings is 1. The minimum Gasteiger partial charge on any atom is -0.383 e. The maximum Gasteiger partial charge on any atom is 0.0700 e. The van der Waals surface area contributed by atoms with E-state index in [0.29, 0.717) is 18.2 Å². The SMILES string of the molecule is CCC1CN(C(CNC(C)C)COC)CCO1. The average molecular weight is 244 g/mol. The predicted octanol–water partition coefficient (Wildman–Crippen LogP) is 1.11. The number of ether oxygens (including phenoxy) is 2. The van der Waals surface area contributed by atoms with Gasteiger partial charge in [0.25, 0.3) is 0 Å². The number of hydrogen-bond acceptors (Lipinski definition) is 4. The summed E-state index contributed by atoms with van der Waals surface area (Å²) < 4.78 is 11.0. The largest absolute Gasteiger partial charge is 0.383 e. The third-order valence-electron chi connectivity index (χ3n) is 3.26. The highest BCUT2D eigenvalue weighted by Crippen LogP contribution is 2.11. The van der Waals surface area contributed by atoms with E-state index in [2.05, 4.69) is 31.0 Å². The van der Waals surface area contributed by atoms with Crippen LogP contribution in [0.1, 0.15) is 27.2 Å². The van der Waals surface area contributed by atoms with Crippen LogP contribution in [0, 0.1) is 0 Å². The van der Waals surface area contributed by atoms with E-state index in [9.17, 15) is 0 Å². The lowest BCUT2D eigenvalue weighted by Crippen LogP contribution is -2.53. The molecule has 4 nitrogen and oxygen atoms in total. The van der Waals surface area contributed by atoms with Crippen molar-refractivity contribution in [3.8, 4) is 0 Å². The van der Waals surface area contributed by atoms with Crippen molar-refractivity contribution in [2.45, 2.75) is 45.4 Å². The van der Waals surface area contributed by atoms with Gasteiger partial charge in [-0.3, -0.25) is 4.90 Å². The van der Waals surface area contributed by atoms with Gasteiger partial charge in [-0.2, -0.15) is 0 Å². The molecular weight excluding hydrogens is 216 g/mol. The molecule has 1 N–H and O–H groups in total. The summed E-state index contributed by atoms with van der Waals surface area (Å²) in [5.41, 5.74) is 0. The van der Waals surface area contributed by atoms with E-state index in [1.54, 1.807) is 7.11 Å². The zero-order valence-corrected chi connectivity index (χ0v) is 11.7. The predicted molar refractivity (Wildman–Crippen MR) is 70.4 cm³/mol. The average Bonchev–Trinajstić information content (AvgIpc) is 2.34. The van der Waals surface area contributed by atoms with E-state index in [-0.39, 0.29) is 0 Å². The second-order valence-corrected chi connectivity index (χ2v) is 5.07. The summed E-state index contributed by atoms with van der Waals surface area (Å²) >= 11 is 0. The molecule has 1 aliphatic heterocycles. The standard InChI is InChI=1S/C13H28N2O2/c1-5-13-9-15(6-7-17-13)12(10-16-4)8-14-11(2)3/h11-14H,5-10H2,1-4H3. The van der Waals surface area contributed by atoms with Crippen molar-refractivity contribution in [1.29, 1.82) is 0 Å². The van der Waals surface area contributed by atoms with Crippen LogP contribution in [0.3, 0.4) is 0 Å². The number of hydrogen-bond donors (Lipinski definition) is 1. The Balaban J connectivity index is 2.44. The fraction of sp³-hybridized carbons (Fsp3) is 1.00. The van der Waals surface area contributed by atoms with Gasteiger partial charge in [0.05, 0.1) is 19.3 Å². The molecule has 1 heterocycles. The molecule has 1 fully saturated rings. The van der Waals surface area contributed by atoms with Crippen molar-refractivity contribution < 1.29 is 9.47 Å². The van der Waals surface area contributed by atoms with Gasteiger partial charge in [-0.25, -0.2) is 0 Å². The summed E-state index contributed by atoms with van der Waals surface area (Å²) in [4.78, 5) is 2.50. The zero-order valence-electron chi connectivity index (χ0n) is 11.7. The van der Waals surface area contributed by atoms with Crippen molar-refractivity contribution >= 4 is 0 Å². The number of nitrogens with zero attached hydrogens (tertiary/aromatic N) is 1. The summed E-state index contributed by atoms with van der Waals surface area (Å²) in [7, 11) is 1.78. The highest BCUT2D eigenvalue weighted by Gasteiger charge is 2.25. The van der Waals surface area contributed by atoms with E-state index < -0.39 is 0 Å². The van der Waals surface area contributed by atoms with Crippen LogP contribution >= 0.6 is 0 Å². The molecule has 0 spiro atoms. The van der Waals surface area contributed by atoms with E-state index in [1.165, 1.54) is 0 Å². The van der Waals surface area contributed by atoms with E-state index in [4.69, 9.17) is 9.47 Å². The van der Waals surface area contributed by atoms with Crippen LogP contribution in [-0.4, -0.2) is 63.0 Å². The lowest BCUT2D eigenvalue weighted by Gasteiger charge is -2.38. The maximum absolute atomic E-state index is 5.71. The molecule has 1 rings (SSSR count). The molecular formula is C13H28N2O2. The molecule has 17 heavy (non-hydrogen) atoms. The van der Waals surface area contributed by atoms with Gasteiger partial charge in [0.15, 0.2) is 0 Å². The van der Waals surface area contributed by atoms with Gasteiger partial charge in [-0.15, -0.1) is 0 Å². The molecule has 0 saturated carbocycles. The normalized spacial score (nSPS) is 24.2. The zero-order chi connectivity index (χ0) is 12.7. The summed E-state index contributed by atoms with van der Waals surface area (Å²) in [5.74, 6) is 0. The highest BCUT2D eigenvalue weighted by molar-refractivity contribution is 4.80. The molecule has 0 aromatic heterocycles. The van der Waals surface area contributed by atoms with Gasteiger partial charge in [-0.1, -0.05) is 20.8 Å². The van der Waals surface area contributed by atoms with Gasteiger partial charge < -0.3 is 14.8 Å². The quantitative estimate of drug-likeness (QED) is 0.727. The highest BCUT2D eigenvalue weighted by atomic mass is 16.5. The Hall–Kier alpha value is -0.160. The minimum absolute atomic E-state index is 0.391. The second kappa shape index (κ2) is 8.03. The van der Waals surface area contributed by atoms with E-state index >= 15 is 0 Å². The molecule has 1 saturated heterocycles. The van der Waals surface area contributed by atoms with Crippen molar-refractivity contribution in [3.63, 3.8) is 0 Å². The van der Waals surface area contributed by atoms with Gasteiger partial charge in [0.2, 0.25) is 0 Å². The van der Waals surface area contributed by atoms with E-state index in [0.717, 1.165) is 39.3 Å². The first-order chi connectivity index (χ1) is 8.17. The lowest BCUT2D eigenvalue weighted by atomic mass is 10.1. The summed E-state index contributed by atoms with van der Waals surface area (Å²) in [6.07, 6.45) is 1.48. The molecule has 4 heteroatoms. The number of methoxy groups -OCH3 is 1. The molecule has 0 aromatic carbocycles. The lowest BCUT2D eigenvalue weighted by molar-refractivity contribution is -0.0543. The third kappa shape index (κ3) is 5.34. The smallest absolute Gasteiger partial charge is 0.0700 e. The van der Waals surface area contributed by atoms with Gasteiger partial charge in [0, 0.05) is 38.8 Å². The molecule has 0 bridgehead atoms. The Kier molecular flexibility index (Phi) is 7.04. The Labute approximate surface area is 106 Å². The molecule has 0 aliphatic carbocycles. The first kappa shape index (κ1) is 14.9. The third-order valence-corrected chi connectivity index (χ3v) is 3.26. The number of rotatable bonds is 7. The first-order valence-electron chi connectivity index (χ1n) is 6.75.